The summed E-state index contributed by atoms with van der Waals surface area (Å²) in [5.74, 6) is 1.42. The van der Waals surface area contributed by atoms with Gasteiger partial charge in [-0.25, -0.2) is 9.97 Å². The number of H-pyrrole nitrogens is 1. The van der Waals surface area contributed by atoms with E-state index in [9.17, 15) is 0 Å². The normalized spacial score (nSPS) is 10.3. The number of aliphatic hydroxyl groups excluding tert-OH is 1. The molecule has 0 spiro atoms. The maximum atomic E-state index is 8.86. The Balaban J connectivity index is 2.35. The lowest BCUT2D eigenvalue weighted by Crippen LogP contribution is -1.94. The predicted octanol–water partition coefficient (Wildman–Crippen LogP) is 0.368. The van der Waals surface area contributed by atoms with Gasteiger partial charge in [0, 0.05) is 12.3 Å². The van der Waals surface area contributed by atoms with Crippen molar-refractivity contribution in [1.82, 2.24) is 19.9 Å². The Hall–Kier alpha value is -1.95. The lowest BCUT2D eigenvalue weighted by atomic mass is 10.5. The Morgan fingerprint density at radius 2 is 2.33 bits per heavy atom. The zero-order chi connectivity index (χ0) is 10.7. The van der Waals surface area contributed by atoms with Crippen LogP contribution in [0.15, 0.2) is 18.5 Å². The highest BCUT2D eigenvalue weighted by Crippen LogP contribution is 2.13. The third-order valence-electron chi connectivity index (χ3n) is 1.85. The highest BCUT2D eigenvalue weighted by atomic mass is 16.5. The predicted molar refractivity (Wildman–Crippen MR) is 52.1 cm³/mol. The van der Waals surface area contributed by atoms with Gasteiger partial charge in [0.05, 0.1) is 25.6 Å². The van der Waals surface area contributed by atoms with Crippen molar-refractivity contribution >= 4 is 0 Å². The molecule has 0 aromatic carbocycles. The average molecular weight is 206 g/mol. The number of aromatic nitrogens is 4. The number of hydrogen-bond donors (Lipinski definition) is 2. The van der Waals surface area contributed by atoms with E-state index in [-0.39, 0.29) is 6.61 Å². The van der Waals surface area contributed by atoms with E-state index in [0.717, 1.165) is 0 Å². The van der Waals surface area contributed by atoms with Crippen LogP contribution in [0, 0.1) is 0 Å². The van der Waals surface area contributed by atoms with Gasteiger partial charge in [0.25, 0.3) is 0 Å². The van der Waals surface area contributed by atoms with E-state index >= 15 is 0 Å². The van der Waals surface area contributed by atoms with Crippen molar-refractivity contribution in [2.75, 3.05) is 7.11 Å². The van der Waals surface area contributed by atoms with Crippen LogP contribution in [0.25, 0.3) is 11.6 Å². The molecule has 2 aromatic heterocycles. The highest BCUT2D eigenvalue weighted by Gasteiger charge is 2.06. The third kappa shape index (κ3) is 1.94. The van der Waals surface area contributed by atoms with Crippen LogP contribution >= 0.6 is 0 Å². The molecule has 0 radical (unpaired) electrons. The summed E-state index contributed by atoms with van der Waals surface area (Å²) in [6.45, 7) is -0.0863. The molecule has 2 N–H and O–H groups in total. The molecule has 0 aliphatic carbocycles. The van der Waals surface area contributed by atoms with Gasteiger partial charge in [0.2, 0.25) is 5.88 Å². The number of imidazole rings is 1. The molecule has 0 unspecified atom stereocenters. The standard InChI is InChI=1S/C9H10N4O2/c1-15-7-2-3-10-8(13-7)9-11-4-6(5-14)12-9/h2-4,14H,5H2,1H3,(H,11,12). The molecule has 15 heavy (non-hydrogen) atoms. The van der Waals surface area contributed by atoms with Crippen molar-refractivity contribution in [3.05, 3.63) is 24.2 Å². The summed E-state index contributed by atoms with van der Waals surface area (Å²) in [5.41, 5.74) is 0.622. The fraction of sp³-hybridized carbons (Fsp3) is 0.222. The molecule has 0 fully saturated rings. The van der Waals surface area contributed by atoms with Gasteiger partial charge in [-0.1, -0.05) is 0 Å². The molecule has 0 aliphatic heterocycles. The fourth-order valence-corrected chi connectivity index (χ4v) is 1.12. The number of hydrogen-bond acceptors (Lipinski definition) is 5. The second-order valence-electron chi connectivity index (χ2n) is 2.84. The molecule has 0 aliphatic rings. The molecule has 2 heterocycles. The topological polar surface area (TPSA) is 83.9 Å². The van der Waals surface area contributed by atoms with Crippen LogP contribution in [0.5, 0.6) is 5.88 Å². The van der Waals surface area contributed by atoms with Crippen LogP contribution in [0.1, 0.15) is 5.69 Å². The quantitative estimate of drug-likeness (QED) is 0.757. The van der Waals surface area contributed by atoms with E-state index in [1.54, 1.807) is 12.3 Å². The second kappa shape index (κ2) is 4.05. The van der Waals surface area contributed by atoms with Crippen molar-refractivity contribution in [1.29, 1.82) is 0 Å². The summed E-state index contributed by atoms with van der Waals surface area (Å²) in [5, 5.41) is 8.86. The van der Waals surface area contributed by atoms with Gasteiger partial charge in [0.15, 0.2) is 11.6 Å². The zero-order valence-corrected chi connectivity index (χ0v) is 8.14. The first kappa shape index (κ1) is 9.60. The lowest BCUT2D eigenvalue weighted by Gasteiger charge is -1.99. The number of nitrogens with one attached hydrogen (secondary N) is 1. The van der Waals surface area contributed by atoms with E-state index in [1.807, 2.05) is 0 Å². The molecule has 0 saturated heterocycles. The largest absolute Gasteiger partial charge is 0.481 e. The summed E-state index contributed by atoms with van der Waals surface area (Å²) in [4.78, 5) is 15.1. The molecule has 2 rings (SSSR count). The third-order valence-corrected chi connectivity index (χ3v) is 1.85. The minimum atomic E-state index is -0.0863. The van der Waals surface area contributed by atoms with Crippen LogP contribution in [-0.2, 0) is 6.61 Å². The smallest absolute Gasteiger partial charge is 0.216 e. The number of aliphatic hydroxyl groups is 1. The minimum absolute atomic E-state index is 0.0863. The maximum absolute atomic E-state index is 8.86. The molecule has 0 amide bonds. The molecule has 6 nitrogen and oxygen atoms in total. The second-order valence-corrected chi connectivity index (χ2v) is 2.84. The van der Waals surface area contributed by atoms with Gasteiger partial charge >= 0.3 is 0 Å². The molecule has 0 atom stereocenters. The molecule has 78 valence electrons. The van der Waals surface area contributed by atoms with Crippen molar-refractivity contribution in [2.24, 2.45) is 0 Å². The first-order valence-corrected chi connectivity index (χ1v) is 4.35. The van der Waals surface area contributed by atoms with Crippen LogP contribution < -0.4 is 4.74 Å². The SMILES string of the molecule is COc1ccnc(-c2ncc(CO)[nH]2)n1. The summed E-state index contributed by atoms with van der Waals surface area (Å²) >= 11 is 0. The summed E-state index contributed by atoms with van der Waals surface area (Å²) in [6.07, 6.45) is 3.13. The number of ether oxygens (including phenoxy) is 1. The van der Waals surface area contributed by atoms with E-state index in [4.69, 9.17) is 9.84 Å². The fourth-order valence-electron chi connectivity index (χ4n) is 1.12. The van der Waals surface area contributed by atoms with E-state index in [2.05, 4.69) is 19.9 Å². The van der Waals surface area contributed by atoms with Gasteiger partial charge in [0.1, 0.15) is 0 Å². The summed E-state index contributed by atoms with van der Waals surface area (Å²) in [6, 6.07) is 1.65. The van der Waals surface area contributed by atoms with Crippen molar-refractivity contribution < 1.29 is 9.84 Å². The van der Waals surface area contributed by atoms with Crippen LogP contribution in [0.4, 0.5) is 0 Å². The van der Waals surface area contributed by atoms with Crippen molar-refractivity contribution in [2.45, 2.75) is 6.61 Å². The van der Waals surface area contributed by atoms with Crippen molar-refractivity contribution in [3.63, 3.8) is 0 Å². The van der Waals surface area contributed by atoms with E-state index in [1.165, 1.54) is 13.3 Å². The average Bonchev–Trinajstić information content (AvgIpc) is 2.78. The Labute approximate surface area is 86.0 Å². The summed E-state index contributed by atoms with van der Waals surface area (Å²) < 4.78 is 4.97. The maximum Gasteiger partial charge on any atom is 0.216 e. The minimum Gasteiger partial charge on any atom is -0.481 e. The monoisotopic (exact) mass is 206 g/mol. The van der Waals surface area contributed by atoms with Gasteiger partial charge in [-0.05, 0) is 0 Å². The van der Waals surface area contributed by atoms with Gasteiger partial charge in [-0.2, -0.15) is 4.98 Å². The summed E-state index contributed by atoms with van der Waals surface area (Å²) in [7, 11) is 1.54. The molecule has 6 heteroatoms. The molecular weight excluding hydrogens is 196 g/mol. The van der Waals surface area contributed by atoms with E-state index < -0.39 is 0 Å². The number of aromatic amines is 1. The Morgan fingerprint density at radius 3 is 3.00 bits per heavy atom. The van der Waals surface area contributed by atoms with Crippen LogP contribution in [0.3, 0.4) is 0 Å². The first-order chi connectivity index (χ1) is 7.33. The Morgan fingerprint density at radius 1 is 1.47 bits per heavy atom. The van der Waals surface area contributed by atoms with Crippen LogP contribution in [-0.4, -0.2) is 32.2 Å². The van der Waals surface area contributed by atoms with E-state index in [0.29, 0.717) is 23.2 Å². The molecule has 0 bridgehead atoms. The van der Waals surface area contributed by atoms with Crippen molar-refractivity contribution in [3.8, 4) is 17.5 Å². The number of methoxy groups -OCH3 is 1. The molecular formula is C9H10N4O2. The number of rotatable bonds is 3. The Kier molecular flexibility index (Phi) is 2.59. The molecule has 2 aromatic rings. The zero-order valence-electron chi connectivity index (χ0n) is 8.14. The van der Waals surface area contributed by atoms with Gasteiger partial charge < -0.3 is 14.8 Å². The Bertz CT molecular complexity index is 455. The lowest BCUT2D eigenvalue weighted by molar-refractivity contribution is 0.277. The van der Waals surface area contributed by atoms with Gasteiger partial charge in [-0.15, -0.1) is 0 Å². The number of nitrogens with zero attached hydrogens (tertiary/aromatic N) is 3. The van der Waals surface area contributed by atoms with Crippen LogP contribution in [0.2, 0.25) is 0 Å². The van der Waals surface area contributed by atoms with Gasteiger partial charge in [-0.3, -0.25) is 0 Å². The highest BCUT2D eigenvalue weighted by molar-refractivity contribution is 5.43. The molecule has 0 saturated carbocycles. The first-order valence-electron chi connectivity index (χ1n) is 4.35.